The molecule has 37 heavy (non-hydrogen) atoms. The second-order valence-electron chi connectivity index (χ2n) is 9.14. The van der Waals surface area contributed by atoms with E-state index in [2.05, 4.69) is 19.9 Å². The van der Waals surface area contributed by atoms with Gasteiger partial charge in [-0.25, -0.2) is 9.37 Å². The molecule has 0 spiro atoms. The second kappa shape index (κ2) is 10.6. The van der Waals surface area contributed by atoms with Crippen LogP contribution in [0.5, 0.6) is 0 Å². The van der Waals surface area contributed by atoms with Gasteiger partial charge in [0, 0.05) is 51.0 Å². The number of hydrogen-bond acceptors (Lipinski definition) is 7. The van der Waals surface area contributed by atoms with E-state index < -0.39 is 17.6 Å². The highest BCUT2D eigenvalue weighted by Gasteiger charge is 2.36. The molecule has 0 atom stereocenters. The topological polar surface area (TPSA) is 61.3 Å². The first-order valence-corrected chi connectivity index (χ1v) is 12.7. The van der Waals surface area contributed by atoms with Gasteiger partial charge in [-0.05, 0) is 43.2 Å². The Kier molecular flexibility index (Phi) is 7.32. The number of aromatic nitrogens is 4. The van der Waals surface area contributed by atoms with Crippen molar-refractivity contribution in [1.29, 1.82) is 0 Å². The van der Waals surface area contributed by atoms with Crippen molar-refractivity contribution in [2.75, 3.05) is 54.0 Å². The van der Waals surface area contributed by atoms with Crippen molar-refractivity contribution in [3.8, 4) is 11.4 Å². The van der Waals surface area contributed by atoms with E-state index in [1.807, 2.05) is 4.90 Å². The van der Waals surface area contributed by atoms with E-state index in [9.17, 15) is 17.6 Å². The predicted octanol–water partition coefficient (Wildman–Crippen LogP) is 5.45. The lowest BCUT2D eigenvalue weighted by atomic mass is 10.2. The molecule has 4 heterocycles. The Hall–Kier alpha value is -3.21. The summed E-state index contributed by atoms with van der Waals surface area (Å²) in [6, 6.07) is 6.68. The van der Waals surface area contributed by atoms with Gasteiger partial charge < -0.3 is 14.7 Å². The standard InChI is InChI=1S/C25H26ClF4N7/c26-19-16-17(7-8-20(19)27)21-32-23(36-10-3-1-2-4-11-36)34-24(33-21)37-14-12-35(13-15-37)22-18(25(28,29)30)6-5-9-31-22/h5-9,16H,1-4,10-15H2. The number of alkyl halides is 3. The average Bonchev–Trinajstić information content (AvgIpc) is 3.19. The van der Waals surface area contributed by atoms with Crippen molar-refractivity contribution in [2.45, 2.75) is 31.9 Å². The summed E-state index contributed by atoms with van der Waals surface area (Å²) in [5, 5.41) is -0.0276. The molecular weight excluding hydrogens is 510 g/mol. The minimum absolute atomic E-state index is 0.0276. The van der Waals surface area contributed by atoms with Gasteiger partial charge in [0.2, 0.25) is 11.9 Å². The van der Waals surface area contributed by atoms with Gasteiger partial charge in [-0.1, -0.05) is 24.4 Å². The van der Waals surface area contributed by atoms with Gasteiger partial charge in [0.15, 0.2) is 5.82 Å². The van der Waals surface area contributed by atoms with Crippen LogP contribution in [0.2, 0.25) is 5.02 Å². The van der Waals surface area contributed by atoms with Crippen LogP contribution >= 0.6 is 11.6 Å². The zero-order valence-corrected chi connectivity index (χ0v) is 20.8. The summed E-state index contributed by atoms with van der Waals surface area (Å²) in [7, 11) is 0. The molecule has 0 bridgehead atoms. The molecule has 0 saturated carbocycles. The third-order valence-electron chi connectivity index (χ3n) is 6.63. The lowest BCUT2D eigenvalue weighted by Crippen LogP contribution is -2.48. The summed E-state index contributed by atoms with van der Waals surface area (Å²) in [6.45, 7) is 3.09. The van der Waals surface area contributed by atoms with Crippen LogP contribution in [0.1, 0.15) is 31.2 Å². The molecule has 2 aliphatic rings. The Morgan fingerprint density at radius 3 is 2.00 bits per heavy atom. The maximum Gasteiger partial charge on any atom is 0.419 e. The van der Waals surface area contributed by atoms with Crippen LogP contribution in [0, 0.1) is 5.82 Å². The first-order chi connectivity index (χ1) is 17.8. The van der Waals surface area contributed by atoms with Gasteiger partial charge in [-0.2, -0.15) is 28.1 Å². The van der Waals surface area contributed by atoms with Gasteiger partial charge in [-0.15, -0.1) is 0 Å². The number of nitrogens with zero attached hydrogens (tertiary/aromatic N) is 7. The summed E-state index contributed by atoms with van der Waals surface area (Å²) in [5.74, 6) is 0.737. The fourth-order valence-corrected chi connectivity index (χ4v) is 4.84. The van der Waals surface area contributed by atoms with E-state index in [-0.39, 0.29) is 10.8 Å². The van der Waals surface area contributed by atoms with Crippen LogP contribution in [0.3, 0.4) is 0 Å². The summed E-state index contributed by atoms with van der Waals surface area (Å²) in [4.78, 5) is 23.8. The summed E-state index contributed by atoms with van der Waals surface area (Å²) < 4.78 is 54.3. The molecule has 0 unspecified atom stereocenters. The number of hydrogen-bond donors (Lipinski definition) is 0. The molecule has 0 aliphatic carbocycles. The number of rotatable bonds is 4. The molecule has 7 nitrogen and oxygen atoms in total. The zero-order chi connectivity index (χ0) is 26.0. The monoisotopic (exact) mass is 535 g/mol. The number of piperazine rings is 1. The largest absolute Gasteiger partial charge is 0.419 e. The highest BCUT2D eigenvalue weighted by Crippen LogP contribution is 2.35. The minimum atomic E-state index is -4.48. The Bertz CT molecular complexity index is 1240. The van der Waals surface area contributed by atoms with Gasteiger partial charge in [0.1, 0.15) is 11.6 Å². The quantitative estimate of drug-likeness (QED) is 0.412. The van der Waals surface area contributed by atoms with Crippen LogP contribution in [-0.2, 0) is 6.18 Å². The van der Waals surface area contributed by atoms with Crippen LogP contribution in [0.25, 0.3) is 11.4 Å². The molecule has 0 N–H and O–H groups in total. The molecule has 5 rings (SSSR count). The predicted molar refractivity (Wildman–Crippen MR) is 135 cm³/mol. The average molecular weight is 536 g/mol. The number of benzene rings is 1. The van der Waals surface area contributed by atoms with Gasteiger partial charge in [0.25, 0.3) is 0 Å². The highest BCUT2D eigenvalue weighted by atomic mass is 35.5. The molecule has 3 aromatic rings. The third-order valence-corrected chi connectivity index (χ3v) is 6.92. The van der Waals surface area contributed by atoms with Crippen molar-refractivity contribution < 1.29 is 17.6 Å². The smallest absolute Gasteiger partial charge is 0.353 e. The number of anilines is 3. The van der Waals surface area contributed by atoms with Gasteiger partial charge in [-0.3, -0.25) is 0 Å². The van der Waals surface area contributed by atoms with Crippen molar-refractivity contribution in [2.24, 2.45) is 0 Å². The number of pyridine rings is 1. The Labute approximate surface area is 217 Å². The highest BCUT2D eigenvalue weighted by molar-refractivity contribution is 6.31. The maximum atomic E-state index is 13.8. The van der Waals surface area contributed by atoms with E-state index in [1.54, 1.807) is 11.0 Å². The normalized spacial score (nSPS) is 17.2. The molecule has 2 fully saturated rings. The molecule has 2 aliphatic heterocycles. The molecule has 2 aromatic heterocycles. The molecule has 1 aromatic carbocycles. The van der Waals surface area contributed by atoms with Gasteiger partial charge >= 0.3 is 6.18 Å². The van der Waals surface area contributed by atoms with E-state index in [4.69, 9.17) is 16.6 Å². The lowest BCUT2D eigenvalue weighted by Gasteiger charge is -2.36. The second-order valence-corrected chi connectivity index (χ2v) is 9.54. The van der Waals surface area contributed by atoms with Crippen LogP contribution < -0.4 is 14.7 Å². The molecule has 2 saturated heterocycles. The Morgan fingerprint density at radius 1 is 0.757 bits per heavy atom. The fraction of sp³-hybridized carbons (Fsp3) is 0.440. The van der Waals surface area contributed by atoms with Crippen molar-refractivity contribution in [3.63, 3.8) is 0 Å². The number of halogens is 5. The van der Waals surface area contributed by atoms with E-state index >= 15 is 0 Å². The molecule has 0 amide bonds. The first-order valence-electron chi connectivity index (χ1n) is 12.3. The van der Waals surface area contributed by atoms with Crippen molar-refractivity contribution in [3.05, 3.63) is 52.9 Å². The fourth-order valence-electron chi connectivity index (χ4n) is 4.66. The van der Waals surface area contributed by atoms with Crippen LogP contribution in [-0.4, -0.2) is 59.2 Å². The van der Waals surface area contributed by atoms with Crippen LogP contribution in [0.15, 0.2) is 36.5 Å². The van der Waals surface area contributed by atoms with Crippen molar-refractivity contribution in [1.82, 2.24) is 19.9 Å². The Balaban J connectivity index is 1.43. The summed E-state index contributed by atoms with van der Waals surface area (Å²) in [6.07, 6.45) is 1.24. The Morgan fingerprint density at radius 2 is 1.38 bits per heavy atom. The van der Waals surface area contributed by atoms with E-state index in [0.717, 1.165) is 44.8 Å². The molecule has 12 heteroatoms. The van der Waals surface area contributed by atoms with E-state index in [0.29, 0.717) is 49.5 Å². The SMILES string of the molecule is Fc1ccc(-c2nc(N3CCCCCC3)nc(N3CCN(c4ncccc4C(F)(F)F)CC3)n2)cc1Cl. The van der Waals surface area contributed by atoms with Crippen LogP contribution in [0.4, 0.5) is 35.3 Å². The van der Waals surface area contributed by atoms with Gasteiger partial charge in [0.05, 0.1) is 10.6 Å². The zero-order valence-electron chi connectivity index (χ0n) is 20.1. The molecular formula is C25H26ClF4N7. The third kappa shape index (κ3) is 5.71. The minimum Gasteiger partial charge on any atom is -0.353 e. The maximum absolute atomic E-state index is 13.8. The summed E-state index contributed by atoms with van der Waals surface area (Å²) >= 11 is 6.02. The molecule has 0 radical (unpaired) electrons. The molecule has 196 valence electrons. The van der Waals surface area contributed by atoms with Crippen molar-refractivity contribution >= 4 is 29.3 Å². The lowest BCUT2D eigenvalue weighted by molar-refractivity contribution is -0.137. The van der Waals surface area contributed by atoms with E-state index in [1.165, 1.54) is 24.4 Å². The summed E-state index contributed by atoms with van der Waals surface area (Å²) in [5.41, 5.74) is -0.185. The first kappa shape index (κ1) is 25.4.